The van der Waals surface area contributed by atoms with E-state index in [9.17, 15) is 9.90 Å². The zero-order chi connectivity index (χ0) is 13.7. The fourth-order valence-corrected chi connectivity index (χ4v) is 2.36. The lowest BCUT2D eigenvalue weighted by molar-refractivity contribution is -0.143. The van der Waals surface area contributed by atoms with Crippen LogP contribution in [0.3, 0.4) is 0 Å². The average molecular weight is 264 g/mol. The van der Waals surface area contributed by atoms with E-state index in [0.29, 0.717) is 19.8 Å². The molecule has 0 bridgehead atoms. The van der Waals surface area contributed by atoms with Crippen molar-refractivity contribution in [3.63, 3.8) is 0 Å². The molecular formula is C14H20N2O3. The molecule has 1 saturated heterocycles. The number of hydrogen-bond acceptors (Lipinski definition) is 4. The maximum atomic E-state index is 12.6. The van der Waals surface area contributed by atoms with Gasteiger partial charge in [0.25, 0.3) is 0 Å². The molecule has 19 heavy (non-hydrogen) atoms. The predicted molar refractivity (Wildman–Crippen MR) is 71.6 cm³/mol. The van der Waals surface area contributed by atoms with E-state index in [4.69, 9.17) is 10.5 Å². The Balaban J connectivity index is 2.16. The number of aliphatic hydroxyl groups excluding tert-OH is 1. The molecule has 1 heterocycles. The molecule has 1 aliphatic rings. The number of carbonyl (C=O) groups excluding carboxylic acids is 1. The quantitative estimate of drug-likeness (QED) is 0.799. The van der Waals surface area contributed by atoms with Gasteiger partial charge in [-0.05, 0) is 5.56 Å². The summed E-state index contributed by atoms with van der Waals surface area (Å²) in [6, 6.07) is 9.25. The Morgan fingerprint density at radius 1 is 1.47 bits per heavy atom. The normalized spacial score (nSPS) is 21.2. The van der Waals surface area contributed by atoms with Gasteiger partial charge in [-0.2, -0.15) is 0 Å². The Morgan fingerprint density at radius 3 is 2.84 bits per heavy atom. The Labute approximate surface area is 113 Å². The van der Waals surface area contributed by atoms with Crippen molar-refractivity contribution in [2.24, 2.45) is 5.73 Å². The second-order valence-corrected chi connectivity index (χ2v) is 4.64. The van der Waals surface area contributed by atoms with Crippen molar-refractivity contribution in [1.29, 1.82) is 0 Å². The summed E-state index contributed by atoms with van der Waals surface area (Å²) in [4.78, 5) is 14.3. The number of nitrogens with two attached hydrogens (primary N) is 1. The lowest BCUT2D eigenvalue weighted by atomic mass is 9.97. The van der Waals surface area contributed by atoms with Crippen LogP contribution in [-0.4, -0.2) is 54.9 Å². The largest absolute Gasteiger partial charge is 0.394 e. The average Bonchev–Trinajstić information content (AvgIpc) is 2.49. The number of aliphatic hydroxyl groups is 1. The number of nitrogens with zero attached hydrogens (tertiary/aromatic N) is 1. The van der Waals surface area contributed by atoms with Crippen LogP contribution >= 0.6 is 0 Å². The third-order valence-corrected chi connectivity index (χ3v) is 3.46. The SMILES string of the molecule is NCC(C(=O)N1CCOCC1CO)c1ccccc1. The van der Waals surface area contributed by atoms with Crippen LogP contribution in [0.25, 0.3) is 0 Å². The maximum Gasteiger partial charge on any atom is 0.231 e. The zero-order valence-corrected chi connectivity index (χ0v) is 10.9. The van der Waals surface area contributed by atoms with E-state index in [0.717, 1.165) is 5.56 Å². The van der Waals surface area contributed by atoms with Gasteiger partial charge >= 0.3 is 0 Å². The molecule has 1 fully saturated rings. The minimum Gasteiger partial charge on any atom is -0.394 e. The first-order valence-corrected chi connectivity index (χ1v) is 6.52. The van der Waals surface area contributed by atoms with Gasteiger partial charge in [-0.25, -0.2) is 0 Å². The van der Waals surface area contributed by atoms with Crippen molar-refractivity contribution in [2.75, 3.05) is 32.9 Å². The Hall–Kier alpha value is -1.43. The summed E-state index contributed by atoms with van der Waals surface area (Å²) in [5.74, 6) is -0.385. The van der Waals surface area contributed by atoms with Crippen LogP contribution in [0.2, 0.25) is 0 Å². The fraction of sp³-hybridized carbons (Fsp3) is 0.500. The van der Waals surface area contributed by atoms with Crippen LogP contribution in [-0.2, 0) is 9.53 Å². The number of amides is 1. The number of benzene rings is 1. The molecule has 2 atom stereocenters. The number of morpholine rings is 1. The first-order valence-electron chi connectivity index (χ1n) is 6.52. The van der Waals surface area contributed by atoms with Gasteiger partial charge in [0.1, 0.15) is 0 Å². The molecule has 1 aromatic rings. The third kappa shape index (κ3) is 3.12. The smallest absolute Gasteiger partial charge is 0.231 e. The van der Waals surface area contributed by atoms with Gasteiger partial charge < -0.3 is 20.5 Å². The summed E-state index contributed by atoms with van der Waals surface area (Å²) in [7, 11) is 0. The van der Waals surface area contributed by atoms with Crippen molar-refractivity contribution in [3.8, 4) is 0 Å². The molecule has 2 rings (SSSR count). The number of hydrogen-bond donors (Lipinski definition) is 2. The Morgan fingerprint density at radius 2 is 2.21 bits per heavy atom. The highest BCUT2D eigenvalue weighted by atomic mass is 16.5. The lowest BCUT2D eigenvalue weighted by Crippen LogP contribution is -2.52. The molecule has 5 heteroatoms. The van der Waals surface area contributed by atoms with Crippen molar-refractivity contribution in [1.82, 2.24) is 4.90 Å². The minimum absolute atomic E-state index is 0.0314. The van der Waals surface area contributed by atoms with Crippen molar-refractivity contribution in [2.45, 2.75) is 12.0 Å². The van der Waals surface area contributed by atoms with Gasteiger partial charge in [-0.3, -0.25) is 4.79 Å². The molecule has 0 spiro atoms. The molecule has 5 nitrogen and oxygen atoms in total. The second-order valence-electron chi connectivity index (χ2n) is 4.64. The van der Waals surface area contributed by atoms with E-state index in [-0.39, 0.29) is 31.0 Å². The number of ether oxygens (including phenoxy) is 1. The van der Waals surface area contributed by atoms with Gasteiger partial charge in [0.15, 0.2) is 0 Å². The molecule has 0 aliphatic carbocycles. The highest BCUT2D eigenvalue weighted by molar-refractivity contribution is 5.84. The number of rotatable bonds is 4. The van der Waals surface area contributed by atoms with Crippen LogP contribution in [0.4, 0.5) is 0 Å². The first-order chi connectivity index (χ1) is 9.27. The van der Waals surface area contributed by atoms with Crippen molar-refractivity contribution < 1.29 is 14.6 Å². The van der Waals surface area contributed by atoms with Crippen molar-refractivity contribution in [3.05, 3.63) is 35.9 Å². The fourth-order valence-electron chi connectivity index (χ4n) is 2.36. The van der Waals surface area contributed by atoms with Crippen LogP contribution in [0, 0.1) is 0 Å². The summed E-state index contributed by atoms with van der Waals surface area (Å²) in [5.41, 5.74) is 6.67. The maximum absolute atomic E-state index is 12.6. The summed E-state index contributed by atoms with van der Waals surface area (Å²) in [5, 5.41) is 9.33. The molecule has 1 aliphatic heterocycles. The molecule has 2 unspecified atom stereocenters. The van der Waals surface area contributed by atoms with Gasteiger partial charge in [0.2, 0.25) is 5.91 Å². The van der Waals surface area contributed by atoms with Gasteiger partial charge in [0.05, 0.1) is 31.8 Å². The molecular weight excluding hydrogens is 244 g/mol. The number of carbonyl (C=O) groups is 1. The van der Waals surface area contributed by atoms with Crippen LogP contribution < -0.4 is 5.73 Å². The van der Waals surface area contributed by atoms with E-state index < -0.39 is 0 Å². The van der Waals surface area contributed by atoms with Gasteiger partial charge in [0, 0.05) is 13.1 Å². The van der Waals surface area contributed by atoms with E-state index in [2.05, 4.69) is 0 Å². The Kier molecular flexibility index (Phi) is 4.90. The molecule has 0 aromatic heterocycles. The summed E-state index contributed by atoms with van der Waals surface area (Å²) >= 11 is 0. The molecule has 1 amide bonds. The molecule has 0 radical (unpaired) electrons. The van der Waals surface area contributed by atoms with E-state index in [1.54, 1.807) is 4.90 Å². The Bertz CT molecular complexity index is 410. The summed E-state index contributed by atoms with van der Waals surface area (Å²) < 4.78 is 5.29. The van der Waals surface area contributed by atoms with E-state index in [1.165, 1.54) is 0 Å². The minimum atomic E-state index is -0.353. The standard InChI is InChI=1S/C14H20N2O3/c15-8-13(11-4-2-1-3-5-11)14(18)16-6-7-19-10-12(16)9-17/h1-5,12-13,17H,6-10,15H2. The molecule has 3 N–H and O–H groups in total. The van der Waals surface area contributed by atoms with Crippen LogP contribution in [0.5, 0.6) is 0 Å². The van der Waals surface area contributed by atoms with E-state index >= 15 is 0 Å². The molecule has 104 valence electrons. The van der Waals surface area contributed by atoms with Gasteiger partial charge in [-0.1, -0.05) is 30.3 Å². The van der Waals surface area contributed by atoms with Crippen LogP contribution in [0.1, 0.15) is 11.5 Å². The molecule has 1 aromatic carbocycles. The summed E-state index contributed by atoms with van der Waals surface area (Å²) in [6.45, 7) is 1.58. The predicted octanol–water partition coefficient (Wildman–Crippen LogP) is -0.0514. The third-order valence-electron chi connectivity index (χ3n) is 3.46. The second kappa shape index (κ2) is 6.65. The lowest BCUT2D eigenvalue weighted by Gasteiger charge is -2.36. The highest BCUT2D eigenvalue weighted by Gasteiger charge is 2.31. The highest BCUT2D eigenvalue weighted by Crippen LogP contribution is 2.20. The van der Waals surface area contributed by atoms with Gasteiger partial charge in [-0.15, -0.1) is 0 Å². The summed E-state index contributed by atoms with van der Waals surface area (Å²) in [6.07, 6.45) is 0. The van der Waals surface area contributed by atoms with E-state index in [1.807, 2.05) is 30.3 Å². The monoisotopic (exact) mass is 264 g/mol. The zero-order valence-electron chi connectivity index (χ0n) is 10.9. The van der Waals surface area contributed by atoms with Crippen molar-refractivity contribution >= 4 is 5.91 Å². The topological polar surface area (TPSA) is 75.8 Å². The first kappa shape index (κ1) is 14.0. The molecule has 0 saturated carbocycles. The van der Waals surface area contributed by atoms with Crippen LogP contribution in [0.15, 0.2) is 30.3 Å².